The number of benzene rings is 1. The van der Waals surface area contributed by atoms with E-state index < -0.39 is 39.1 Å². The van der Waals surface area contributed by atoms with Gasteiger partial charge in [-0.3, -0.25) is 14.9 Å². The van der Waals surface area contributed by atoms with Crippen molar-refractivity contribution >= 4 is 11.6 Å². The van der Waals surface area contributed by atoms with Gasteiger partial charge >= 0.3 is 5.69 Å². The Morgan fingerprint density at radius 1 is 1.38 bits per heavy atom. The number of aliphatic hydroxyl groups excluding tert-OH is 1. The molecule has 21 heavy (non-hydrogen) atoms. The fraction of sp³-hybridized carbons (Fsp3) is 0.462. The maximum Gasteiger partial charge on any atom is 0.305 e. The van der Waals surface area contributed by atoms with E-state index in [4.69, 9.17) is 5.11 Å². The maximum absolute atomic E-state index is 13.5. The van der Waals surface area contributed by atoms with E-state index in [1.807, 2.05) is 0 Å². The average molecular weight is 302 g/mol. The second-order valence-electron chi connectivity index (χ2n) is 5.36. The van der Waals surface area contributed by atoms with Crippen LogP contribution < -0.4 is 5.32 Å². The van der Waals surface area contributed by atoms with Gasteiger partial charge in [0.15, 0.2) is 0 Å². The Balaban J connectivity index is 2.93. The molecule has 0 saturated heterocycles. The van der Waals surface area contributed by atoms with Crippen molar-refractivity contribution in [2.45, 2.75) is 20.3 Å². The summed E-state index contributed by atoms with van der Waals surface area (Å²) >= 11 is 0. The number of nitro benzene ring substituents is 1. The van der Waals surface area contributed by atoms with Crippen LogP contribution in [0.25, 0.3) is 0 Å². The lowest BCUT2D eigenvalue weighted by molar-refractivity contribution is -0.387. The first-order valence-electron chi connectivity index (χ1n) is 6.20. The van der Waals surface area contributed by atoms with Crippen molar-refractivity contribution in [3.05, 3.63) is 39.4 Å². The minimum Gasteiger partial charge on any atom is -0.396 e. The lowest BCUT2D eigenvalue weighted by Crippen LogP contribution is -2.35. The number of carbonyl (C=O) groups excluding carboxylic acids is 1. The quantitative estimate of drug-likeness (QED) is 0.621. The average Bonchev–Trinajstić information content (AvgIpc) is 2.35. The van der Waals surface area contributed by atoms with Crippen LogP contribution in [-0.4, -0.2) is 29.1 Å². The van der Waals surface area contributed by atoms with Crippen LogP contribution in [0.3, 0.4) is 0 Å². The Hall–Kier alpha value is -2.09. The summed E-state index contributed by atoms with van der Waals surface area (Å²) in [6, 6.07) is 0.880. The van der Waals surface area contributed by atoms with E-state index in [-0.39, 0.29) is 13.2 Å². The highest BCUT2D eigenvalue weighted by atomic mass is 19.1. The van der Waals surface area contributed by atoms with Gasteiger partial charge in [0.25, 0.3) is 5.91 Å². The largest absolute Gasteiger partial charge is 0.396 e. The summed E-state index contributed by atoms with van der Waals surface area (Å²) in [4.78, 5) is 21.4. The van der Waals surface area contributed by atoms with Crippen LogP contribution in [0.15, 0.2) is 12.1 Å². The topological polar surface area (TPSA) is 92.5 Å². The van der Waals surface area contributed by atoms with E-state index in [9.17, 15) is 23.7 Å². The number of hydrogen-bond acceptors (Lipinski definition) is 4. The van der Waals surface area contributed by atoms with Gasteiger partial charge in [0.05, 0.1) is 10.5 Å². The van der Waals surface area contributed by atoms with Crippen LogP contribution in [0.5, 0.6) is 0 Å². The van der Waals surface area contributed by atoms with Crippen LogP contribution in [0.4, 0.5) is 14.5 Å². The van der Waals surface area contributed by atoms with Crippen molar-refractivity contribution in [2.24, 2.45) is 5.41 Å². The molecule has 1 aromatic carbocycles. The first kappa shape index (κ1) is 17.0. The molecule has 0 aromatic heterocycles. The number of carbonyl (C=O) groups is 1. The molecule has 0 spiro atoms. The summed E-state index contributed by atoms with van der Waals surface area (Å²) in [5, 5.41) is 21.9. The van der Waals surface area contributed by atoms with E-state index >= 15 is 0 Å². The summed E-state index contributed by atoms with van der Waals surface area (Å²) in [7, 11) is 0. The minimum atomic E-state index is -1.34. The fourth-order valence-electron chi connectivity index (χ4n) is 1.66. The molecule has 0 aliphatic rings. The van der Waals surface area contributed by atoms with Crippen LogP contribution in [-0.2, 0) is 0 Å². The molecule has 0 unspecified atom stereocenters. The molecule has 0 heterocycles. The van der Waals surface area contributed by atoms with Gasteiger partial charge < -0.3 is 10.4 Å². The molecule has 0 saturated carbocycles. The molecule has 8 heteroatoms. The number of rotatable bonds is 6. The van der Waals surface area contributed by atoms with Crippen molar-refractivity contribution in [1.82, 2.24) is 5.32 Å². The zero-order valence-electron chi connectivity index (χ0n) is 11.7. The Bertz CT molecular complexity index is 561. The predicted molar refractivity (Wildman–Crippen MR) is 70.8 cm³/mol. The van der Waals surface area contributed by atoms with E-state index in [2.05, 4.69) is 5.32 Å². The molecule has 6 nitrogen and oxygen atoms in total. The lowest BCUT2D eigenvalue weighted by atomic mass is 9.89. The maximum atomic E-state index is 13.5. The molecule has 0 aliphatic carbocycles. The normalized spacial score (nSPS) is 11.3. The number of amides is 1. The molecule has 1 amide bonds. The molecule has 0 bridgehead atoms. The third-order valence-corrected chi connectivity index (χ3v) is 2.99. The van der Waals surface area contributed by atoms with Gasteiger partial charge in [0, 0.05) is 25.3 Å². The van der Waals surface area contributed by atoms with Crippen LogP contribution in [0.1, 0.15) is 30.6 Å². The van der Waals surface area contributed by atoms with Crippen LogP contribution >= 0.6 is 0 Å². The summed E-state index contributed by atoms with van der Waals surface area (Å²) in [5.74, 6) is -3.38. The highest BCUT2D eigenvalue weighted by Crippen LogP contribution is 2.22. The summed E-state index contributed by atoms with van der Waals surface area (Å²) in [6.07, 6.45) is 0.416. The van der Waals surface area contributed by atoms with E-state index in [1.165, 1.54) is 0 Å². The second kappa shape index (κ2) is 6.57. The first-order valence-corrected chi connectivity index (χ1v) is 6.20. The van der Waals surface area contributed by atoms with E-state index in [0.29, 0.717) is 18.6 Å². The Kier molecular flexibility index (Phi) is 5.31. The zero-order chi connectivity index (χ0) is 16.2. The first-order chi connectivity index (χ1) is 9.68. The standard InChI is InChI=1S/C13H16F2N2O4/c1-13(2,3-4-18)7-16-12(19)8-5-11(17(20)21)10(15)6-9(8)14/h5-6,18H,3-4,7H2,1-2H3,(H,16,19). The number of nitrogens with one attached hydrogen (secondary N) is 1. The Morgan fingerprint density at radius 3 is 2.52 bits per heavy atom. The minimum absolute atomic E-state index is 0.0702. The molecular weight excluding hydrogens is 286 g/mol. The summed E-state index contributed by atoms with van der Waals surface area (Å²) in [5.41, 5.74) is -1.98. The summed E-state index contributed by atoms with van der Waals surface area (Å²) < 4.78 is 26.7. The Labute approximate surface area is 119 Å². The highest BCUT2D eigenvalue weighted by Gasteiger charge is 2.24. The van der Waals surface area contributed by atoms with Gasteiger partial charge in [0.2, 0.25) is 5.82 Å². The number of nitrogens with zero attached hydrogens (tertiary/aromatic N) is 1. The second-order valence-corrected chi connectivity index (χ2v) is 5.36. The number of aliphatic hydroxyl groups is 1. The molecule has 2 N–H and O–H groups in total. The van der Waals surface area contributed by atoms with Crippen molar-refractivity contribution in [2.75, 3.05) is 13.2 Å². The molecule has 116 valence electrons. The van der Waals surface area contributed by atoms with Gasteiger partial charge in [0.1, 0.15) is 5.82 Å². The zero-order valence-corrected chi connectivity index (χ0v) is 11.7. The molecular formula is C13H16F2N2O4. The fourth-order valence-corrected chi connectivity index (χ4v) is 1.66. The number of halogens is 2. The summed E-state index contributed by atoms with van der Waals surface area (Å²) in [6.45, 7) is 3.64. The predicted octanol–water partition coefficient (Wildman–Crippen LogP) is 2.01. The number of nitro groups is 1. The van der Waals surface area contributed by atoms with Crippen LogP contribution in [0, 0.1) is 27.2 Å². The van der Waals surface area contributed by atoms with Crippen molar-refractivity contribution in [3.63, 3.8) is 0 Å². The monoisotopic (exact) mass is 302 g/mol. The van der Waals surface area contributed by atoms with Crippen molar-refractivity contribution in [1.29, 1.82) is 0 Å². The van der Waals surface area contributed by atoms with Crippen molar-refractivity contribution < 1.29 is 23.6 Å². The SMILES string of the molecule is CC(C)(CCO)CNC(=O)c1cc([N+](=O)[O-])c(F)cc1F. The molecule has 0 radical (unpaired) electrons. The number of hydrogen-bond donors (Lipinski definition) is 2. The third-order valence-electron chi connectivity index (χ3n) is 2.99. The van der Waals surface area contributed by atoms with Gasteiger partial charge in [-0.25, -0.2) is 4.39 Å². The van der Waals surface area contributed by atoms with Gasteiger partial charge in [-0.1, -0.05) is 13.8 Å². The Morgan fingerprint density at radius 2 is 2.00 bits per heavy atom. The smallest absolute Gasteiger partial charge is 0.305 e. The van der Waals surface area contributed by atoms with Crippen LogP contribution in [0.2, 0.25) is 0 Å². The van der Waals surface area contributed by atoms with Gasteiger partial charge in [-0.15, -0.1) is 0 Å². The molecule has 0 aliphatic heterocycles. The molecule has 0 atom stereocenters. The van der Waals surface area contributed by atoms with E-state index in [0.717, 1.165) is 0 Å². The lowest BCUT2D eigenvalue weighted by Gasteiger charge is -2.23. The van der Waals surface area contributed by atoms with Gasteiger partial charge in [-0.05, 0) is 11.8 Å². The molecule has 1 rings (SSSR count). The highest BCUT2D eigenvalue weighted by molar-refractivity contribution is 5.95. The molecule has 1 aromatic rings. The van der Waals surface area contributed by atoms with E-state index in [1.54, 1.807) is 13.8 Å². The van der Waals surface area contributed by atoms with Gasteiger partial charge in [-0.2, -0.15) is 4.39 Å². The van der Waals surface area contributed by atoms with Crippen molar-refractivity contribution in [3.8, 4) is 0 Å². The third kappa shape index (κ3) is 4.45. The molecule has 0 fully saturated rings.